The van der Waals surface area contributed by atoms with Crippen LogP contribution >= 0.6 is 34.8 Å². The number of sulfonamides is 1. The van der Waals surface area contributed by atoms with E-state index in [1.807, 2.05) is 0 Å². The predicted molar refractivity (Wildman–Crippen MR) is 91.7 cm³/mol. The Morgan fingerprint density at radius 3 is 2.22 bits per heavy atom. The minimum atomic E-state index is -3.83. The van der Waals surface area contributed by atoms with E-state index >= 15 is 0 Å². The lowest BCUT2D eigenvalue weighted by Crippen LogP contribution is -2.32. The Kier molecular flexibility index (Phi) is 5.89. The van der Waals surface area contributed by atoms with Crippen molar-refractivity contribution in [3.05, 3.63) is 57.5 Å². The van der Waals surface area contributed by atoms with Crippen LogP contribution in [0.2, 0.25) is 15.1 Å². The maximum atomic E-state index is 12.1. The molecule has 23 heavy (non-hydrogen) atoms. The molecule has 0 aliphatic carbocycles. The van der Waals surface area contributed by atoms with Gasteiger partial charge in [-0.1, -0.05) is 40.9 Å². The second kappa shape index (κ2) is 7.51. The lowest BCUT2D eigenvalue weighted by Gasteiger charge is -2.09. The zero-order chi connectivity index (χ0) is 17.0. The van der Waals surface area contributed by atoms with Gasteiger partial charge in [-0.05, 0) is 36.4 Å². The summed E-state index contributed by atoms with van der Waals surface area (Å²) in [6, 6.07) is 10.2. The first-order valence-electron chi connectivity index (χ1n) is 6.27. The SMILES string of the molecule is O=C(CNS(=O)(=O)c1cccc(Cl)c1)Nc1cc(Cl)cc(Cl)c1. The first-order chi connectivity index (χ1) is 10.8. The Balaban J connectivity index is 2.01. The smallest absolute Gasteiger partial charge is 0.241 e. The Labute approximate surface area is 148 Å². The van der Waals surface area contributed by atoms with Crippen LogP contribution in [-0.2, 0) is 14.8 Å². The molecule has 0 fully saturated rings. The third-order valence-corrected chi connectivity index (χ3v) is 4.75. The lowest BCUT2D eigenvalue weighted by atomic mass is 10.3. The molecule has 122 valence electrons. The normalized spacial score (nSPS) is 11.3. The first-order valence-corrected chi connectivity index (χ1v) is 8.89. The fraction of sp³-hybridized carbons (Fsp3) is 0.0714. The van der Waals surface area contributed by atoms with Crippen molar-refractivity contribution in [2.24, 2.45) is 0 Å². The standard InChI is InChI=1S/C14H11Cl3N2O3S/c15-9-2-1-3-13(7-9)23(21,22)18-8-14(20)19-12-5-10(16)4-11(17)6-12/h1-7,18H,8H2,(H,19,20). The van der Waals surface area contributed by atoms with E-state index < -0.39 is 22.5 Å². The molecule has 2 N–H and O–H groups in total. The van der Waals surface area contributed by atoms with Crippen LogP contribution in [0.15, 0.2) is 47.4 Å². The van der Waals surface area contributed by atoms with Crippen LogP contribution in [0.4, 0.5) is 5.69 Å². The van der Waals surface area contributed by atoms with E-state index in [2.05, 4.69) is 10.0 Å². The highest BCUT2D eigenvalue weighted by Crippen LogP contribution is 2.22. The molecule has 0 radical (unpaired) electrons. The predicted octanol–water partition coefficient (Wildman–Crippen LogP) is 3.56. The topological polar surface area (TPSA) is 75.3 Å². The van der Waals surface area contributed by atoms with Crippen molar-refractivity contribution >= 4 is 56.4 Å². The van der Waals surface area contributed by atoms with Crippen LogP contribution in [-0.4, -0.2) is 20.9 Å². The van der Waals surface area contributed by atoms with E-state index in [0.29, 0.717) is 15.7 Å². The van der Waals surface area contributed by atoms with E-state index in [-0.39, 0.29) is 9.92 Å². The van der Waals surface area contributed by atoms with E-state index in [1.165, 1.54) is 36.4 Å². The van der Waals surface area contributed by atoms with Crippen molar-refractivity contribution in [2.45, 2.75) is 4.90 Å². The van der Waals surface area contributed by atoms with Crippen molar-refractivity contribution in [2.75, 3.05) is 11.9 Å². The fourth-order valence-electron chi connectivity index (χ4n) is 1.71. The summed E-state index contributed by atoms with van der Waals surface area (Å²) in [7, 11) is -3.83. The highest BCUT2D eigenvalue weighted by molar-refractivity contribution is 7.89. The zero-order valence-corrected chi connectivity index (χ0v) is 14.6. The van der Waals surface area contributed by atoms with Crippen LogP contribution in [0.25, 0.3) is 0 Å². The van der Waals surface area contributed by atoms with Crippen LogP contribution in [0.1, 0.15) is 0 Å². The Morgan fingerprint density at radius 1 is 0.957 bits per heavy atom. The third-order valence-electron chi connectivity index (χ3n) is 2.68. The van der Waals surface area contributed by atoms with Gasteiger partial charge in [-0.3, -0.25) is 4.79 Å². The van der Waals surface area contributed by atoms with Gasteiger partial charge in [-0.15, -0.1) is 0 Å². The van der Waals surface area contributed by atoms with Gasteiger partial charge in [-0.2, -0.15) is 0 Å². The van der Waals surface area contributed by atoms with E-state index in [4.69, 9.17) is 34.8 Å². The van der Waals surface area contributed by atoms with E-state index in [0.717, 1.165) is 0 Å². The summed E-state index contributed by atoms with van der Waals surface area (Å²) in [6.45, 7) is -0.445. The molecule has 0 aliphatic heterocycles. The van der Waals surface area contributed by atoms with Gasteiger partial charge >= 0.3 is 0 Å². The lowest BCUT2D eigenvalue weighted by molar-refractivity contribution is -0.115. The first kappa shape index (κ1) is 18.0. The van der Waals surface area contributed by atoms with Crippen molar-refractivity contribution in [3.63, 3.8) is 0 Å². The van der Waals surface area contributed by atoms with Crippen LogP contribution in [0.3, 0.4) is 0 Å². The van der Waals surface area contributed by atoms with Gasteiger partial charge in [0.15, 0.2) is 0 Å². The summed E-state index contributed by atoms with van der Waals surface area (Å²) in [4.78, 5) is 11.8. The highest BCUT2D eigenvalue weighted by Gasteiger charge is 2.16. The van der Waals surface area contributed by atoms with Gasteiger partial charge in [0.2, 0.25) is 15.9 Å². The van der Waals surface area contributed by atoms with Gasteiger partial charge in [0.05, 0.1) is 11.4 Å². The molecule has 1 amide bonds. The van der Waals surface area contributed by atoms with Gasteiger partial charge in [0.25, 0.3) is 0 Å². The molecule has 0 heterocycles. The number of amides is 1. The quantitative estimate of drug-likeness (QED) is 0.815. The average Bonchev–Trinajstić information content (AvgIpc) is 2.44. The molecule has 0 unspecified atom stereocenters. The molecule has 9 heteroatoms. The summed E-state index contributed by atoms with van der Waals surface area (Å²) in [5.74, 6) is -0.561. The maximum absolute atomic E-state index is 12.1. The average molecular weight is 394 g/mol. The van der Waals surface area contributed by atoms with Gasteiger partial charge < -0.3 is 5.32 Å². The van der Waals surface area contributed by atoms with Crippen molar-refractivity contribution in [1.82, 2.24) is 4.72 Å². The fourth-order valence-corrected chi connectivity index (χ4v) is 3.52. The van der Waals surface area contributed by atoms with Gasteiger partial charge in [0, 0.05) is 20.8 Å². The molecule has 2 aromatic rings. The molecular formula is C14H11Cl3N2O3S. The molecule has 0 bridgehead atoms. The zero-order valence-electron chi connectivity index (χ0n) is 11.5. The number of rotatable bonds is 5. The number of hydrogen-bond acceptors (Lipinski definition) is 3. The van der Waals surface area contributed by atoms with Gasteiger partial charge in [-0.25, -0.2) is 13.1 Å². The van der Waals surface area contributed by atoms with Crippen molar-refractivity contribution in [1.29, 1.82) is 0 Å². The molecule has 0 aliphatic rings. The second-order valence-corrected chi connectivity index (χ2v) is 7.56. The molecule has 0 spiro atoms. The number of carbonyl (C=O) groups is 1. The number of halogens is 3. The Hall–Kier alpha value is -1.31. The van der Waals surface area contributed by atoms with Crippen molar-refractivity contribution < 1.29 is 13.2 Å². The summed E-state index contributed by atoms with van der Waals surface area (Å²) >= 11 is 17.4. The summed E-state index contributed by atoms with van der Waals surface area (Å²) in [5.41, 5.74) is 0.370. The Morgan fingerprint density at radius 2 is 1.61 bits per heavy atom. The molecular weight excluding hydrogens is 383 g/mol. The molecule has 5 nitrogen and oxygen atoms in total. The second-order valence-electron chi connectivity index (χ2n) is 4.49. The van der Waals surface area contributed by atoms with Crippen LogP contribution in [0, 0.1) is 0 Å². The minimum Gasteiger partial charge on any atom is -0.325 e. The molecule has 0 aromatic heterocycles. The number of benzene rings is 2. The molecule has 2 aromatic carbocycles. The molecule has 0 saturated carbocycles. The van der Waals surface area contributed by atoms with Gasteiger partial charge in [0.1, 0.15) is 0 Å². The summed E-state index contributed by atoms with van der Waals surface area (Å²) in [6.07, 6.45) is 0. The number of carbonyl (C=O) groups excluding carboxylic acids is 1. The molecule has 2 rings (SSSR count). The largest absolute Gasteiger partial charge is 0.325 e. The molecule has 0 saturated heterocycles. The monoisotopic (exact) mass is 392 g/mol. The molecule has 0 atom stereocenters. The highest BCUT2D eigenvalue weighted by atomic mass is 35.5. The number of nitrogens with one attached hydrogen (secondary N) is 2. The van der Waals surface area contributed by atoms with E-state index in [1.54, 1.807) is 6.07 Å². The third kappa shape index (κ3) is 5.37. The Bertz CT molecular complexity index is 821. The summed E-state index contributed by atoms with van der Waals surface area (Å²) < 4.78 is 26.3. The van der Waals surface area contributed by atoms with E-state index in [9.17, 15) is 13.2 Å². The minimum absolute atomic E-state index is 0.0244. The summed E-state index contributed by atoms with van der Waals surface area (Å²) in [5, 5.41) is 3.49. The van der Waals surface area contributed by atoms with Crippen molar-refractivity contribution in [3.8, 4) is 0 Å². The number of hydrogen-bond donors (Lipinski definition) is 2. The van der Waals surface area contributed by atoms with Crippen LogP contribution in [0.5, 0.6) is 0 Å². The van der Waals surface area contributed by atoms with Crippen LogP contribution < -0.4 is 10.0 Å². The maximum Gasteiger partial charge on any atom is 0.241 e. The number of anilines is 1.